The molecule has 1 aliphatic heterocycles. The Hall–Kier alpha value is -2.12. The molecular formula is C11H11F3N2O3. The SMILES string of the molecule is O=C(NCC1COc2ccccc2O1)NC(F)(F)F. The zero-order chi connectivity index (χ0) is 13.9. The molecule has 0 bridgehead atoms. The first kappa shape index (κ1) is 13.3. The summed E-state index contributed by atoms with van der Waals surface area (Å²) in [5.74, 6) is 1.07. The second-order valence-corrected chi connectivity index (χ2v) is 3.83. The number of amides is 2. The summed E-state index contributed by atoms with van der Waals surface area (Å²) in [5, 5.41) is 2.90. The molecule has 0 saturated carbocycles. The van der Waals surface area contributed by atoms with Crippen LogP contribution in [0.5, 0.6) is 11.5 Å². The van der Waals surface area contributed by atoms with Gasteiger partial charge in [-0.25, -0.2) is 10.1 Å². The van der Waals surface area contributed by atoms with Crippen LogP contribution in [-0.2, 0) is 0 Å². The Morgan fingerprint density at radius 3 is 2.68 bits per heavy atom. The van der Waals surface area contributed by atoms with Gasteiger partial charge >= 0.3 is 12.3 Å². The lowest BCUT2D eigenvalue weighted by molar-refractivity contribution is -0.145. The molecule has 0 saturated heterocycles. The molecule has 1 unspecified atom stereocenters. The van der Waals surface area contributed by atoms with Gasteiger partial charge in [0.05, 0.1) is 6.54 Å². The number of urea groups is 1. The van der Waals surface area contributed by atoms with Crippen LogP contribution in [0.1, 0.15) is 0 Å². The van der Waals surface area contributed by atoms with Crippen molar-refractivity contribution >= 4 is 6.03 Å². The maximum atomic E-state index is 11.8. The third-order valence-corrected chi connectivity index (χ3v) is 2.31. The molecule has 1 aromatic carbocycles. The minimum absolute atomic E-state index is 0.0871. The average molecular weight is 276 g/mol. The van der Waals surface area contributed by atoms with Crippen molar-refractivity contribution in [2.24, 2.45) is 0 Å². The molecule has 1 aromatic rings. The van der Waals surface area contributed by atoms with Crippen molar-refractivity contribution in [2.75, 3.05) is 13.2 Å². The number of halogens is 3. The first-order valence-electron chi connectivity index (χ1n) is 5.45. The van der Waals surface area contributed by atoms with Crippen molar-refractivity contribution in [3.05, 3.63) is 24.3 Å². The van der Waals surface area contributed by atoms with Crippen LogP contribution in [0.2, 0.25) is 0 Å². The second-order valence-electron chi connectivity index (χ2n) is 3.83. The largest absolute Gasteiger partial charge is 0.486 e. The van der Waals surface area contributed by atoms with Gasteiger partial charge in [-0.15, -0.1) is 0 Å². The molecular weight excluding hydrogens is 265 g/mol. The van der Waals surface area contributed by atoms with Crippen molar-refractivity contribution in [1.82, 2.24) is 10.6 Å². The minimum atomic E-state index is -4.75. The fourth-order valence-electron chi connectivity index (χ4n) is 1.54. The molecule has 2 amide bonds. The zero-order valence-corrected chi connectivity index (χ0v) is 9.66. The number of benzene rings is 1. The van der Waals surface area contributed by atoms with Crippen LogP contribution >= 0.6 is 0 Å². The first-order chi connectivity index (χ1) is 8.94. The summed E-state index contributed by atoms with van der Waals surface area (Å²) in [5.41, 5.74) is 0. The fourth-order valence-corrected chi connectivity index (χ4v) is 1.54. The lowest BCUT2D eigenvalue weighted by Gasteiger charge is -2.26. The van der Waals surface area contributed by atoms with E-state index in [1.807, 2.05) is 0 Å². The number of hydrogen-bond donors (Lipinski definition) is 2. The number of carbonyl (C=O) groups excluding carboxylic acids is 1. The number of ether oxygens (including phenoxy) is 2. The molecule has 0 spiro atoms. The topological polar surface area (TPSA) is 59.6 Å². The predicted molar refractivity (Wildman–Crippen MR) is 58.9 cm³/mol. The second kappa shape index (κ2) is 5.25. The van der Waals surface area contributed by atoms with Gasteiger partial charge in [0.2, 0.25) is 0 Å². The maximum absolute atomic E-state index is 11.8. The number of hydrogen-bond acceptors (Lipinski definition) is 3. The highest BCUT2D eigenvalue weighted by Crippen LogP contribution is 2.30. The monoisotopic (exact) mass is 276 g/mol. The molecule has 104 valence electrons. The van der Waals surface area contributed by atoms with Crippen molar-refractivity contribution in [2.45, 2.75) is 12.4 Å². The zero-order valence-electron chi connectivity index (χ0n) is 9.66. The van der Waals surface area contributed by atoms with Crippen LogP contribution in [0.4, 0.5) is 18.0 Å². The van der Waals surface area contributed by atoms with E-state index in [2.05, 4.69) is 5.32 Å². The summed E-state index contributed by atoms with van der Waals surface area (Å²) in [6.07, 6.45) is -5.28. The summed E-state index contributed by atoms with van der Waals surface area (Å²) in [4.78, 5) is 10.9. The normalized spacial score (nSPS) is 17.7. The summed E-state index contributed by atoms with van der Waals surface area (Å²) in [7, 11) is 0. The summed E-state index contributed by atoms with van der Waals surface area (Å²) < 4.78 is 46.3. The lowest BCUT2D eigenvalue weighted by atomic mass is 10.2. The molecule has 19 heavy (non-hydrogen) atoms. The maximum Gasteiger partial charge on any atom is 0.485 e. The van der Waals surface area contributed by atoms with E-state index >= 15 is 0 Å². The Kier molecular flexibility index (Phi) is 3.68. The van der Waals surface area contributed by atoms with Gasteiger partial charge in [0.25, 0.3) is 0 Å². The smallest absolute Gasteiger partial charge is 0.485 e. The molecule has 1 heterocycles. The quantitative estimate of drug-likeness (QED) is 0.807. The van der Waals surface area contributed by atoms with Crippen LogP contribution < -0.4 is 20.1 Å². The summed E-state index contributed by atoms with van der Waals surface area (Å²) in [6.45, 7) is 0.0690. The third-order valence-electron chi connectivity index (χ3n) is 2.31. The van der Waals surface area contributed by atoms with E-state index in [1.54, 1.807) is 24.3 Å². The van der Waals surface area contributed by atoms with Crippen LogP contribution in [0.25, 0.3) is 0 Å². The highest BCUT2D eigenvalue weighted by atomic mass is 19.4. The first-order valence-corrected chi connectivity index (χ1v) is 5.45. The Balaban J connectivity index is 1.81. The van der Waals surface area contributed by atoms with E-state index in [0.717, 1.165) is 5.32 Å². The Labute approximate surface area is 106 Å². The molecule has 5 nitrogen and oxygen atoms in total. The number of rotatable bonds is 2. The van der Waals surface area contributed by atoms with E-state index < -0.39 is 18.4 Å². The Morgan fingerprint density at radius 2 is 2.00 bits per heavy atom. The standard InChI is InChI=1S/C11H11F3N2O3/c12-11(13,14)16-10(17)15-5-7-6-18-8-3-1-2-4-9(8)19-7/h1-4,7H,5-6H2,(H2,15,16,17). The van der Waals surface area contributed by atoms with Gasteiger partial charge in [-0.2, -0.15) is 13.2 Å². The van der Waals surface area contributed by atoms with E-state index in [4.69, 9.17) is 9.47 Å². The van der Waals surface area contributed by atoms with E-state index in [1.165, 1.54) is 0 Å². The predicted octanol–water partition coefficient (Wildman–Crippen LogP) is 1.65. The Morgan fingerprint density at radius 1 is 1.32 bits per heavy atom. The highest BCUT2D eigenvalue weighted by molar-refractivity contribution is 5.74. The molecule has 0 aliphatic carbocycles. The van der Waals surface area contributed by atoms with Crippen molar-refractivity contribution in [1.29, 1.82) is 0 Å². The highest BCUT2D eigenvalue weighted by Gasteiger charge is 2.30. The fraction of sp³-hybridized carbons (Fsp3) is 0.364. The molecule has 8 heteroatoms. The molecule has 0 aromatic heterocycles. The molecule has 2 N–H and O–H groups in total. The van der Waals surface area contributed by atoms with Gasteiger partial charge in [-0.05, 0) is 12.1 Å². The van der Waals surface area contributed by atoms with Crippen LogP contribution in [0, 0.1) is 0 Å². The molecule has 2 rings (SSSR count). The molecule has 1 aliphatic rings. The lowest BCUT2D eigenvalue weighted by Crippen LogP contribution is -2.48. The van der Waals surface area contributed by atoms with Crippen LogP contribution in [0.3, 0.4) is 0 Å². The molecule has 1 atom stereocenters. The third kappa shape index (κ3) is 3.94. The summed E-state index contributed by atoms with van der Waals surface area (Å²) in [6, 6.07) is 5.59. The van der Waals surface area contributed by atoms with Crippen molar-refractivity contribution in [3.8, 4) is 11.5 Å². The van der Waals surface area contributed by atoms with Crippen LogP contribution in [-0.4, -0.2) is 31.6 Å². The number of nitrogens with one attached hydrogen (secondary N) is 2. The molecule has 0 fully saturated rings. The number of fused-ring (bicyclic) bond motifs is 1. The Bertz CT molecular complexity index is 465. The van der Waals surface area contributed by atoms with Gasteiger partial charge in [0.1, 0.15) is 6.61 Å². The van der Waals surface area contributed by atoms with E-state index in [0.29, 0.717) is 11.5 Å². The average Bonchev–Trinajstić information content (AvgIpc) is 2.34. The minimum Gasteiger partial charge on any atom is -0.486 e. The van der Waals surface area contributed by atoms with E-state index in [9.17, 15) is 18.0 Å². The molecule has 0 radical (unpaired) electrons. The number of carbonyl (C=O) groups is 1. The van der Waals surface area contributed by atoms with Gasteiger partial charge < -0.3 is 14.8 Å². The van der Waals surface area contributed by atoms with Gasteiger partial charge in [-0.1, -0.05) is 12.1 Å². The number of alkyl halides is 3. The van der Waals surface area contributed by atoms with E-state index in [-0.39, 0.29) is 13.2 Å². The number of para-hydroxylation sites is 2. The van der Waals surface area contributed by atoms with Gasteiger partial charge in [0, 0.05) is 0 Å². The van der Waals surface area contributed by atoms with Crippen molar-refractivity contribution < 1.29 is 27.4 Å². The van der Waals surface area contributed by atoms with Gasteiger partial charge in [0.15, 0.2) is 17.6 Å². The van der Waals surface area contributed by atoms with Crippen molar-refractivity contribution in [3.63, 3.8) is 0 Å². The summed E-state index contributed by atoms with van der Waals surface area (Å²) >= 11 is 0. The van der Waals surface area contributed by atoms with Gasteiger partial charge in [-0.3, -0.25) is 0 Å². The van der Waals surface area contributed by atoms with Crippen LogP contribution in [0.15, 0.2) is 24.3 Å².